The summed E-state index contributed by atoms with van der Waals surface area (Å²) in [7, 11) is 0. The van der Waals surface area contributed by atoms with Gasteiger partial charge in [-0.1, -0.05) is 51.0 Å². The van der Waals surface area contributed by atoms with Crippen LogP contribution in [0, 0.1) is 0 Å². The van der Waals surface area contributed by atoms with E-state index in [4.69, 9.17) is 0 Å². The molecule has 0 aromatic rings. The smallest absolute Gasteiger partial charge is 0.0543 e. The SMILES string of the molecule is C=C/C=C\CCC(O)CCCCC. The van der Waals surface area contributed by atoms with Crippen LogP contribution < -0.4 is 0 Å². The van der Waals surface area contributed by atoms with Gasteiger partial charge in [-0.25, -0.2) is 0 Å². The molecule has 1 nitrogen and oxygen atoms in total. The van der Waals surface area contributed by atoms with Crippen molar-refractivity contribution >= 4 is 0 Å². The van der Waals surface area contributed by atoms with Crippen LogP contribution in [-0.4, -0.2) is 11.2 Å². The van der Waals surface area contributed by atoms with Crippen molar-refractivity contribution in [2.45, 2.75) is 51.6 Å². The van der Waals surface area contributed by atoms with E-state index in [-0.39, 0.29) is 6.10 Å². The number of hydrogen-bond acceptors (Lipinski definition) is 1. The maximum absolute atomic E-state index is 9.52. The van der Waals surface area contributed by atoms with Crippen molar-refractivity contribution in [1.82, 2.24) is 0 Å². The van der Waals surface area contributed by atoms with Crippen LogP contribution in [0.3, 0.4) is 0 Å². The second-order valence-corrected chi connectivity index (χ2v) is 3.39. The van der Waals surface area contributed by atoms with Crippen LogP contribution in [0.5, 0.6) is 0 Å². The van der Waals surface area contributed by atoms with E-state index in [2.05, 4.69) is 19.6 Å². The van der Waals surface area contributed by atoms with Crippen LogP contribution in [0.25, 0.3) is 0 Å². The summed E-state index contributed by atoms with van der Waals surface area (Å²) < 4.78 is 0. The summed E-state index contributed by atoms with van der Waals surface area (Å²) in [5, 5.41) is 9.52. The van der Waals surface area contributed by atoms with Crippen LogP contribution >= 0.6 is 0 Å². The second kappa shape index (κ2) is 9.53. The first-order chi connectivity index (χ1) is 6.31. The number of unbranched alkanes of at least 4 members (excludes halogenated alkanes) is 2. The molecule has 1 unspecified atom stereocenters. The predicted octanol–water partition coefficient (Wildman–Crippen LogP) is 3.45. The van der Waals surface area contributed by atoms with Crippen molar-refractivity contribution in [1.29, 1.82) is 0 Å². The lowest BCUT2D eigenvalue weighted by molar-refractivity contribution is 0.152. The molecule has 0 amide bonds. The molecule has 0 aliphatic carbocycles. The van der Waals surface area contributed by atoms with Gasteiger partial charge in [0.1, 0.15) is 0 Å². The molecule has 0 saturated heterocycles. The van der Waals surface area contributed by atoms with Crippen LogP contribution in [0.1, 0.15) is 45.4 Å². The van der Waals surface area contributed by atoms with Crippen molar-refractivity contribution in [3.05, 3.63) is 24.8 Å². The van der Waals surface area contributed by atoms with Crippen LogP contribution in [0.4, 0.5) is 0 Å². The Kier molecular flexibility index (Phi) is 9.12. The molecule has 0 fully saturated rings. The van der Waals surface area contributed by atoms with Gasteiger partial charge in [-0.3, -0.25) is 0 Å². The van der Waals surface area contributed by atoms with E-state index in [9.17, 15) is 5.11 Å². The number of rotatable bonds is 8. The Morgan fingerprint density at radius 1 is 1.31 bits per heavy atom. The Balaban J connectivity index is 3.24. The third-order valence-corrected chi connectivity index (χ3v) is 2.08. The summed E-state index contributed by atoms with van der Waals surface area (Å²) in [6.45, 7) is 5.77. The summed E-state index contributed by atoms with van der Waals surface area (Å²) in [6, 6.07) is 0. The Morgan fingerprint density at radius 3 is 2.69 bits per heavy atom. The van der Waals surface area contributed by atoms with Gasteiger partial charge in [0.05, 0.1) is 6.10 Å². The third-order valence-electron chi connectivity index (χ3n) is 2.08. The molecule has 0 spiro atoms. The fourth-order valence-electron chi connectivity index (χ4n) is 1.26. The van der Waals surface area contributed by atoms with E-state index < -0.39 is 0 Å². The van der Waals surface area contributed by atoms with Gasteiger partial charge < -0.3 is 5.11 Å². The van der Waals surface area contributed by atoms with Gasteiger partial charge in [0.25, 0.3) is 0 Å². The zero-order valence-electron chi connectivity index (χ0n) is 8.71. The first-order valence-corrected chi connectivity index (χ1v) is 5.26. The van der Waals surface area contributed by atoms with Gasteiger partial charge >= 0.3 is 0 Å². The van der Waals surface area contributed by atoms with Gasteiger partial charge in [0.15, 0.2) is 0 Å². The van der Waals surface area contributed by atoms with Gasteiger partial charge in [-0.15, -0.1) is 0 Å². The molecule has 0 aliphatic heterocycles. The number of aliphatic hydroxyl groups is 1. The van der Waals surface area contributed by atoms with Crippen molar-refractivity contribution in [3.63, 3.8) is 0 Å². The van der Waals surface area contributed by atoms with Crippen molar-refractivity contribution < 1.29 is 5.11 Å². The molecule has 0 heterocycles. The highest BCUT2D eigenvalue weighted by Gasteiger charge is 2.00. The lowest BCUT2D eigenvalue weighted by atomic mass is 10.1. The molecular weight excluding hydrogens is 160 g/mol. The summed E-state index contributed by atoms with van der Waals surface area (Å²) in [5.41, 5.74) is 0. The molecule has 1 N–H and O–H groups in total. The zero-order valence-corrected chi connectivity index (χ0v) is 8.71. The quantitative estimate of drug-likeness (QED) is 0.450. The van der Waals surface area contributed by atoms with Gasteiger partial charge in [-0.05, 0) is 19.3 Å². The maximum atomic E-state index is 9.52. The second-order valence-electron chi connectivity index (χ2n) is 3.39. The van der Waals surface area contributed by atoms with Crippen LogP contribution in [-0.2, 0) is 0 Å². The van der Waals surface area contributed by atoms with E-state index in [1.54, 1.807) is 6.08 Å². The summed E-state index contributed by atoms with van der Waals surface area (Å²) in [5.74, 6) is 0. The zero-order chi connectivity index (χ0) is 9.94. The standard InChI is InChI=1S/C12H22O/c1-3-5-7-9-11-12(13)10-8-6-4-2/h3,5,7,12-13H,1,4,6,8-11H2,2H3/b7-5-. The van der Waals surface area contributed by atoms with Gasteiger partial charge in [0, 0.05) is 0 Å². The largest absolute Gasteiger partial charge is 0.393 e. The van der Waals surface area contributed by atoms with Crippen molar-refractivity contribution in [2.75, 3.05) is 0 Å². The Hall–Kier alpha value is -0.560. The maximum Gasteiger partial charge on any atom is 0.0543 e. The first kappa shape index (κ1) is 12.4. The lowest BCUT2D eigenvalue weighted by Gasteiger charge is -2.07. The monoisotopic (exact) mass is 182 g/mol. The Labute approximate surface area is 82.2 Å². The van der Waals surface area contributed by atoms with Crippen molar-refractivity contribution in [3.8, 4) is 0 Å². The summed E-state index contributed by atoms with van der Waals surface area (Å²) in [6.07, 6.45) is 12.0. The average Bonchev–Trinajstić information content (AvgIpc) is 2.13. The minimum Gasteiger partial charge on any atom is -0.393 e. The van der Waals surface area contributed by atoms with Crippen LogP contribution in [0.2, 0.25) is 0 Å². The number of aliphatic hydroxyl groups excluding tert-OH is 1. The van der Waals surface area contributed by atoms with E-state index >= 15 is 0 Å². The molecule has 0 radical (unpaired) electrons. The molecule has 0 saturated carbocycles. The fraction of sp³-hybridized carbons (Fsp3) is 0.667. The predicted molar refractivity (Wildman–Crippen MR) is 58.7 cm³/mol. The van der Waals surface area contributed by atoms with E-state index in [0.29, 0.717) is 0 Å². The molecule has 13 heavy (non-hydrogen) atoms. The van der Waals surface area contributed by atoms with E-state index in [1.807, 2.05) is 6.08 Å². The number of allylic oxidation sites excluding steroid dienone is 3. The molecule has 0 aromatic carbocycles. The number of hydrogen-bond donors (Lipinski definition) is 1. The summed E-state index contributed by atoms with van der Waals surface area (Å²) >= 11 is 0. The van der Waals surface area contributed by atoms with E-state index in [1.165, 1.54) is 12.8 Å². The normalized spacial score (nSPS) is 13.4. The van der Waals surface area contributed by atoms with E-state index in [0.717, 1.165) is 25.7 Å². The molecule has 0 rings (SSSR count). The Morgan fingerprint density at radius 2 is 2.08 bits per heavy atom. The highest BCUT2D eigenvalue weighted by molar-refractivity contribution is 4.96. The van der Waals surface area contributed by atoms with Gasteiger partial charge in [-0.2, -0.15) is 0 Å². The molecule has 1 heteroatoms. The third kappa shape index (κ3) is 9.35. The molecule has 0 bridgehead atoms. The minimum atomic E-state index is -0.110. The summed E-state index contributed by atoms with van der Waals surface area (Å²) in [4.78, 5) is 0. The molecule has 76 valence electrons. The fourth-order valence-corrected chi connectivity index (χ4v) is 1.26. The molecule has 0 aliphatic rings. The van der Waals surface area contributed by atoms with Gasteiger partial charge in [0.2, 0.25) is 0 Å². The topological polar surface area (TPSA) is 20.2 Å². The Bertz CT molecular complexity index is 138. The highest BCUT2D eigenvalue weighted by Crippen LogP contribution is 2.08. The van der Waals surface area contributed by atoms with Crippen molar-refractivity contribution in [2.24, 2.45) is 0 Å². The molecule has 0 aromatic heterocycles. The highest BCUT2D eigenvalue weighted by atomic mass is 16.3. The molecule has 1 atom stereocenters. The minimum absolute atomic E-state index is 0.110. The first-order valence-electron chi connectivity index (χ1n) is 5.26. The average molecular weight is 182 g/mol. The lowest BCUT2D eigenvalue weighted by Crippen LogP contribution is -2.05. The van der Waals surface area contributed by atoms with Crippen LogP contribution in [0.15, 0.2) is 24.8 Å². The molecular formula is C12H22O.